The van der Waals surface area contributed by atoms with Crippen LogP contribution in [0.2, 0.25) is 0 Å². The molecule has 58 heavy (non-hydrogen) atoms. The number of benzene rings is 5. The molecule has 5 aromatic rings. The lowest BCUT2D eigenvalue weighted by atomic mass is 9.82. The van der Waals surface area contributed by atoms with Crippen molar-refractivity contribution in [2.24, 2.45) is 5.92 Å². The molecule has 0 amide bonds. The molecule has 0 bridgehead atoms. The first-order chi connectivity index (χ1) is 28.1. The largest absolute Gasteiger partial charge is 0.456 e. The summed E-state index contributed by atoms with van der Waals surface area (Å²) in [5.41, 5.74) is 5.46. The topological polar surface area (TPSA) is 30.5 Å². The van der Waals surface area contributed by atoms with E-state index in [4.69, 9.17) is 0 Å². The van der Waals surface area contributed by atoms with Crippen LogP contribution < -0.4 is 19.2 Å². The van der Waals surface area contributed by atoms with Crippen LogP contribution in [0.5, 0.6) is 0 Å². The number of fused-ring (bicyclic) bond motifs is 1. The minimum atomic E-state index is -4.22. The van der Waals surface area contributed by atoms with Gasteiger partial charge in [0.05, 0.1) is 0 Å². The zero-order valence-corrected chi connectivity index (χ0v) is 36.2. The van der Waals surface area contributed by atoms with E-state index in [-0.39, 0.29) is 5.92 Å². The number of halogens is 3. The van der Waals surface area contributed by atoms with Crippen molar-refractivity contribution in [3.8, 4) is 0 Å². The van der Waals surface area contributed by atoms with E-state index < -0.39 is 17.5 Å². The number of hydrogen-bond acceptors (Lipinski definition) is 6. The molecule has 0 heterocycles. The van der Waals surface area contributed by atoms with Crippen molar-refractivity contribution in [2.45, 2.75) is 77.8 Å². The Kier molecular flexibility index (Phi) is 18.4. The molecule has 1 aliphatic rings. The minimum absolute atomic E-state index is 0.0557. The Hall–Kier alpha value is -4.57. The fourth-order valence-electron chi connectivity index (χ4n) is 7.75. The van der Waals surface area contributed by atoms with Crippen molar-refractivity contribution >= 4 is 58.3 Å². The second-order valence-corrected chi connectivity index (χ2v) is 15.3. The molecule has 0 saturated heterocycles. The van der Waals surface area contributed by atoms with Gasteiger partial charge in [0.25, 0.3) is 0 Å². The van der Waals surface area contributed by atoms with Gasteiger partial charge in [0.2, 0.25) is 0 Å². The van der Waals surface area contributed by atoms with E-state index in [0.717, 1.165) is 24.5 Å². The van der Waals surface area contributed by atoms with Gasteiger partial charge in [-0.05, 0) is 109 Å². The molecule has 0 spiro atoms. The quantitative estimate of drug-likeness (QED) is 0.0449. The fourth-order valence-corrected chi connectivity index (χ4v) is 8.17. The average molecular weight is 825 g/mol. The van der Waals surface area contributed by atoms with E-state index in [9.17, 15) is 13.2 Å². The van der Waals surface area contributed by atoms with Gasteiger partial charge in [-0.25, -0.2) is 4.13 Å². The maximum atomic E-state index is 10.9. The SMILES string of the molecule is C=C/C=C(\C=C)N(CC)c1ccc(C(c2ccc(N(CC)c3ccccc3)cc2)c2ccc(NC3CCCCC3C)c3ccccc23)cc1.CC.FC(F)(F)SNS. The van der Waals surface area contributed by atoms with Gasteiger partial charge in [-0.2, -0.15) is 13.2 Å². The molecule has 308 valence electrons. The number of allylic oxidation sites excluding steroid dienone is 3. The zero-order valence-electron chi connectivity index (χ0n) is 34.5. The van der Waals surface area contributed by atoms with E-state index in [1.807, 2.05) is 32.1 Å². The maximum absolute atomic E-state index is 10.9. The molecule has 9 heteroatoms. The molecule has 3 unspecified atom stereocenters. The van der Waals surface area contributed by atoms with E-state index in [1.165, 1.54) is 70.2 Å². The standard InChI is InChI=1S/C46H51N3.C2H6.CH2F3NS2/c1-6-17-37(7-2)48(8-3)39-28-24-35(25-29-39)46(36-26-30-40(31-27-36)49(9-4)38-19-11-10-12-20-38)43-32-33-45(42-22-15-14-21-41(42)43)47-44-23-16-13-18-34(44)5;1-2;2-1(3,4)7-5-6/h6-7,10-12,14-15,17,19-22,24-34,44,46-47H,1-2,8-9,13,16,18,23H2,3-5H3;1-2H3;5-6H/b37-17+;;. The first kappa shape index (κ1) is 46.1. The van der Waals surface area contributed by atoms with Crippen LogP contribution in [0.4, 0.5) is 35.9 Å². The predicted molar refractivity (Wildman–Crippen MR) is 251 cm³/mol. The Labute approximate surface area is 355 Å². The summed E-state index contributed by atoms with van der Waals surface area (Å²) in [6.45, 7) is 20.5. The Morgan fingerprint density at radius 3 is 1.86 bits per heavy atom. The van der Waals surface area contributed by atoms with Crippen molar-refractivity contribution in [2.75, 3.05) is 28.2 Å². The Bertz CT molecular complexity index is 2030. The lowest BCUT2D eigenvalue weighted by Gasteiger charge is -2.31. The molecule has 4 nitrogen and oxygen atoms in total. The van der Waals surface area contributed by atoms with E-state index in [2.05, 4.69) is 177 Å². The average Bonchev–Trinajstić information content (AvgIpc) is 3.24. The molecule has 1 aliphatic carbocycles. The van der Waals surface area contributed by atoms with Crippen molar-refractivity contribution in [1.82, 2.24) is 4.13 Å². The minimum Gasteiger partial charge on any atom is -0.382 e. The smallest absolute Gasteiger partial charge is 0.382 e. The van der Waals surface area contributed by atoms with Crippen molar-refractivity contribution < 1.29 is 13.2 Å². The highest BCUT2D eigenvalue weighted by Gasteiger charge is 2.28. The van der Waals surface area contributed by atoms with Crippen LogP contribution in [0, 0.1) is 5.92 Å². The van der Waals surface area contributed by atoms with Crippen LogP contribution in [-0.2, 0) is 0 Å². The number of para-hydroxylation sites is 1. The summed E-state index contributed by atoms with van der Waals surface area (Å²) in [6.07, 6.45) is 10.9. The summed E-state index contributed by atoms with van der Waals surface area (Å²) in [7, 11) is 0. The monoisotopic (exact) mass is 824 g/mol. The van der Waals surface area contributed by atoms with Crippen LogP contribution >= 0.6 is 24.8 Å². The summed E-state index contributed by atoms with van der Waals surface area (Å²) >= 11 is 2.71. The summed E-state index contributed by atoms with van der Waals surface area (Å²) in [5, 5.41) is 6.57. The van der Waals surface area contributed by atoms with Crippen LogP contribution in [-0.4, -0.2) is 24.6 Å². The van der Waals surface area contributed by atoms with Crippen molar-refractivity contribution in [3.63, 3.8) is 0 Å². The Morgan fingerprint density at radius 1 is 0.776 bits per heavy atom. The van der Waals surface area contributed by atoms with Gasteiger partial charge in [0.15, 0.2) is 0 Å². The molecule has 0 aromatic heterocycles. The first-order valence-corrected chi connectivity index (χ1v) is 21.6. The normalized spacial score (nSPS) is 15.8. The predicted octanol–water partition coefficient (Wildman–Crippen LogP) is 14.9. The van der Waals surface area contributed by atoms with Gasteiger partial charge in [-0.1, -0.05) is 138 Å². The Morgan fingerprint density at radius 2 is 1.34 bits per heavy atom. The molecule has 2 N–H and O–H groups in total. The second-order valence-electron chi connectivity index (χ2n) is 13.9. The number of hydrogen-bond donors (Lipinski definition) is 3. The molecule has 1 saturated carbocycles. The first-order valence-electron chi connectivity index (χ1n) is 20.3. The molecule has 1 fully saturated rings. The lowest BCUT2D eigenvalue weighted by Crippen LogP contribution is -2.30. The number of nitrogens with zero attached hydrogens (tertiary/aromatic N) is 2. The van der Waals surface area contributed by atoms with E-state index in [0.29, 0.717) is 12.0 Å². The molecule has 6 rings (SSSR count). The van der Waals surface area contributed by atoms with Crippen LogP contribution in [0.1, 0.15) is 82.9 Å². The zero-order chi connectivity index (χ0) is 42.1. The number of likely N-dealkylation sites (N-methyl/N-ethyl adjacent to an activating group) is 1. The van der Waals surface area contributed by atoms with Gasteiger partial charge in [-0.3, -0.25) is 0 Å². The molecule has 5 aromatic carbocycles. The van der Waals surface area contributed by atoms with Crippen LogP contribution in [0.3, 0.4) is 0 Å². The van der Waals surface area contributed by atoms with Crippen molar-refractivity contribution in [1.29, 1.82) is 0 Å². The third-order valence-corrected chi connectivity index (χ3v) is 11.1. The molecular weight excluding hydrogens is 766 g/mol. The summed E-state index contributed by atoms with van der Waals surface area (Å²) in [4.78, 5) is 4.64. The van der Waals surface area contributed by atoms with Crippen LogP contribution in [0.15, 0.2) is 152 Å². The van der Waals surface area contributed by atoms with E-state index in [1.54, 1.807) is 4.13 Å². The van der Waals surface area contributed by atoms with Crippen LogP contribution in [0.25, 0.3) is 10.8 Å². The number of anilines is 4. The number of alkyl halides is 3. The number of rotatable bonds is 14. The fraction of sp³-hybridized carbons (Fsp3) is 0.306. The van der Waals surface area contributed by atoms with E-state index >= 15 is 0 Å². The summed E-state index contributed by atoms with van der Waals surface area (Å²) in [5.74, 6) is 0.737. The van der Waals surface area contributed by atoms with Gasteiger partial charge in [-0.15, -0.1) is 0 Å². The van der Waals surface area contributed by atoms with Crippen molar-refractivity contribution in [3.05, 3.63) is 169 Å². The third kappa shape index (κ3) is 12.2. The van der Waals surface area contributed by atoms with Gasteiger partial charge in [0.1, 0.15) is 0 Å². The van der Waals surface area contributed by atoms with Gasteiger partial charge < -0.3 is 15.1 Å². The highest BCUT2D eigenvalue weighted by atomic mass is 32.2. The molecular formula is C49H59F3N4S2. The third-order valence-electron chi connectivity index (χ3n) is 10.5. The number of nitrogens with one attached hydrogen (secondary N) is 2. The molecule has 3 atom stereocenters. The lowest BCUT2D eigenvalue weighted by molar-refractivity contribution is -0.0331. The van der Waals surface area contributed by atoms with Gasteiger partial charge >= 0.3 is 5.51 Å². The second kappa shape index (κ2) is 23.1. The summed E-state index contributed by atoms with van der Waals surface area (Å²) < 4.78 is 34.3. The highest BCUT2D eigenvalue weighted by molar-refractivity contribution is 8.06. The summed E-state index contributed by atoms with van der Waals surface area (Å²) in [6, 6.07) is 43.1. The van der Waals surface area contributed by atoms with Gasteiger partial charge in [0, 0.05) is 70.8 Å². The molecule has 0 radical (unpaired) electrons. The molecule has 0 aliphatic heterocycles. The Balaban J connectivity index is 0.000000749. The number of thiol groups is 1. The maximum Gasteiger partial charge on any atom is 0.456 e. The highest BCUT2D eigenvalue weighted by Crippen LogP contribution is 2.41.